The summed E-state index contributed by atoms with van der Waals surface area (Å²) < 4.78 is 5.47. The maximum absolute atomic E-state index is 11.9. The number of aliphatic hydroxyl groups excluding tert-OH is 2. The minimum atomic E-state index is -0.464. The smallest absolute Gasteiger partial charge is 0.196 e. The number of aromatic hydroxyl groups is 1. The lowest BCUT2D eigenvalue weighted by molar-refractivity contribution is 0.439. The number of phenols is 1. The van der Waals surface area contributed by atoms with Gasteiger partial charge in [0.05, 0.1) is 11.5 Å². The van der Waals surface area contributed by atoms with Gasteiger partial charge in [0.1, 0.15) is 22.7 Å². The van der Waals surface area contributed by atoms with E-state index in [1.54, 1.807) is 12.1 Å². The summed E-state index contributed by atoms with van der Waals surface area (Å²) in [5.74, 6) is 0.0270. The number of aliphatic hydroxyl groups is 2. The predicted octanol–water partition coefficient (Wildman–Crippen LogP) is 1.16. The molecular formula is C15H12O5. The zero-order valence-corrected chi connectivity index (χ0v) is 10.4. The Bertz CT molecular complexity index is 813. The highest BCUT2D eigenvalue weighted by Gasteiger charge is 2.05. The van der Waals surface area contributed by atoms with E-state index < -0.39 is 5.43 Å². The first-order valence-electron chi connectivity index (χ1n) is 5.69. The third-order valence-electron chi connectivity index (χ3n) is 2.59. The molecular weight excluding hydrogens is 260 g/mol. The van der Waals surface area contributed by atoms with Crippen molar-refractivity contribution in [1.82, 2.24) is 0 Å². The van der Waals surface area contributed by atoms with E-state index in [0.29, 0.717) is 11.8 Å². The molecule has 0 atom stereocenters. The Morgan fingerprint density at radius 3 is 2.45 bits per heavy atom. The number of hydrogen-bond acceptors (Lipinski definition) is 5. The summed E-state index contributed by atoms with van der Waals surface area (Å²) in [6.45, 7) is 3.28. The van der Waals surface area contributed by atoms with Gasteiger partial charge in [-0.15, -0.1) is 0 Å². The van der Waals surface area contributed by atoms with Crippen LogP contribution in [0.15, 0.2) is 51.9 Å². The Kier molecular flexibility index (Phi) is 3.61. The van der Waals surface area contributed by atoms with Crippen molar-refractivity contribution in [3.05, 3.63) is 63.5 Å². The van der Waals surface area contributed by atoms with Crippen molar-refractivity contribution in [1.29, 1.82) is 0 Å². The van der Waals surface area contributed by atoms with Crippen LogP contribution < -0.4 is 16.1 Å². The summed E-state index contributed by atoms with van der Waals surface area (Å²) in [7, 11) is 0. The number of phenolic OH excluding ortho intramolecular Hbond substituents is 1. The number of benzene rings is 1. The lowest BCUT2D eigenvalue weighted by atomic mass is 10.1. The van der Waals surface area contributed by atoms with E-state index in [2.05, 4.69) is 6.58 Å². The number of rotatable bonds is 2. The van der Waals surface area contributed by atoms with Crippen LogP contribution in [-0.4, -0.2) is 15.3 Å². The maximum Gasteiger partial charge on any atom is 0.196 e. The molecule has 0 saturated heterocycles. The van der Waals surface area contributed by atoms with Crippen molar-refractivity contribution < 1.29 is 19.7 Å². The van der Waals surface area contributed by atoms with E-state index in [1.165, 1.54) is 18.2 Å². The van der Waals surface area contributed by atoms with Crippen molar-refractivity contribution in [3.8, 4) is 17.1 Å². The summed E-state index contributed by atoms with van der Waals surface area (Å²) in [4.78, 5) is 11.9. The highest BCUT2D eigenvalue weighted by Crippen LogP contribution is 2.19. The number of hydrogen-bond donors (Lipinski definition) is 3. The lowest BCUT2D eigenvalue weighted by Crippen LogP contribution is -2.38. The molecule has 1 heterocycles. The Morgan fingerprint density at radius 1 is 1.25 bits per heavy atom. The van der Waals surface area contributed by atoms with Crippen LogP contribution >= 0.6 is 0 Å². The molecule has 0 aliphatic heterocycles. The second-order valence-electron chi connectivity index (χ2n) is 4.06. The first kappa shape index (κ1) is 13.5. The van der Waals surface area contributed by atoms with Gasteiger partial charge in [-0.05, 0) is 24.3 Å². The van der Waals surface area contributed by atoms with Gasteiger partial charge in [0.2, 0.25) is 0 Å². The summed E-state index contributed by atoms with van der Waals surface area (Å²) in [6, 6.07) is 7.28. The Hall–Kier alpha value is -2.95. The first-order valence-corrected chi connectivity index (χ1v) is 5.69. The van der Waals surface area contributed by atoms with Crippen molar-refractivity contribution in [2.75, 3.05) is 0 Å². The Morgan fingerprint density at radius 2 is 1.90 bits per heavy atom. The van der Waals surface area contributed by atoms with Crippen LogP contribution in [0.3, 0.4) is 0 Å². The van der Waals surface area contributed by atoms with E-state index in [0.717, 1.165) is 6.08 Å². The minimum Gasteiger partial charge on any atom is -0.515 e. The fourth-order valence-electron chi connectivity index (χ4n) is 1.67. The van der Waals surface area contributed by atoms with Gasteiger partial charge in [-0.25, -0.2) is 0 Å². The average molecular weight is 272 g/mol. The van der Waals surface area contributed by atoms with Gasteiger partial charge >= 0.3 is 0 Å². The van der Waals surface area contributed by atoms with Gasteiger partial charge in [-0.1, -0.05) is 6.58 Å². The summed E-state index contributed by atoms with van der Waals surface area (Å²) in [6.07, 6.45) is 1.74. The fourth-order valence-corrected chi connectivity index (χ4v) is 1.67. The largest absolute Gasteiger partial charge is 0.515 e. The van der Waals surface area contributed by atoms with Crippen LogP contribution in [0.2, 0.25) is 0 Å². The normalized spacial score (nSPS) is 12.6. The molecule has 1 aromatic carbocycles. The summed E-state index contributed by atoms with van der Waals surface area (Å²) in [5, 5.41) is 27.4. The molecule has 3 N–H and O–H groups in total. The van der Waals surface area contributed by atoms with Crippen LogP contribution in [0.1, 0.15) is 0 Å². The van der Waals surface area contributed by atoms with Gasteiger partial charge in [0.25, 0.3) is 0 Å². The van der Waals surface area contributed by atoms with Gasteiger partial charge in [0.15, 0.2) is 5.43 Å². The molecule has 0 bridgehead atoms. The molecule has 5 nitrogen and oxygen atoms in total. The summed E-state index contributed by atoms with van der Waals surface area (Å²) in [5.41, 5.74) is 0.104. The van der Waals surface area contributed by atoms with Crippen LogP contribution in [0.25, 0.3) is 23.7 Å². The number of allylic oxidation sites excluding steroid dienone is 1. The van der Waals surface area contributed by atoms with E-state index in [-0.39, 0.29) is 27.9 Å². The fraction of sp³-hybridized carbons (Fsp3) is 0. The minimum absolute atomic E-state index is 0.00410. The SMILES string of the molecule is C=C(O)/C=c1/oc(-c2ccc(O)cc2)cc(=O)/c1=C\O. The maximum atomic E-state index is 11.9. The molecule has 0 radical (unpaired) electrons. The van der Waals surface area contributed by atoms with Crippen molar-refractivity contribution in [2.45, 2.75) is 0 Å². The molecule has 0 fully saturated rings. The third-order valence-corrected chi connectivity index (χ3v) is 2.59. The molecule has 0 aliphatic rings. The molecule has 0 amide bonds. The molecule has 5 heteroatoms. The zero-order chi connectivity index (χ0) is 14.7. The van der Waals surface area contributed by atoms with Crippen LogP contribution in [0.4, 0.5) is 0 Å². The zero-order valence-electron chi connectivity index (χ0n) is 10.4. The van der Waals surface area contributed by atoms with Gasteiger partial charge in [-0.3, -0.25) is 4.79 Å². The molecule has 1 aromatic heterocycles. The molecule has 2 aromatic rings. The van der Waals surface area contributed by atoms with Crippen LogP contribution in [0, 0.1) is 0 Å². The molecule has 102 valence electrons. The predicted molar refractivity (Wildman–Crippen MR) is 74.7 cm³/mol. The monoisotopic (exact) mass is 272 g/mol. The molecule has 20 heavy (non-hydrogen) atoms. The Labute approximate surface area is 113 Å². The van der Waals surface area contributed by atoms with Crippen molar-refractivity contribution in [2.24, 2.45) is 0 Å². The second-order valence-corrected chi connectivity index (χ2v) is 4.06. The molecule has 0 spiro atoms. The van der Waals surface area contributed by atoms with E-state index >= 15 is 0 Å². The topological polar surface area (TPSA) is 90.9 Å². The standard InChI is InChI=1S/C15H12O5/c1-9(17)6-15-12(8-16)13(19)7-14(20-15)10-2-4-11(18)5-3-10/h2-8,16-18H,1H2/b12-8+,15-6+. The Balaban J connectivity index is 2.75. The highest BCUT2D eigenvalue weighted by atomic mass is 16.3. The molecule has 0 aliphatic carbocycles. The molecule has 0 saturated carbocycles. The second kappa shape index (κ2) is 5.36. The van der Waals surface area contributed by atoms with E-state index in [9.17, 15) is 15.0 Å². The van der Waals surface area contributed by atoms with Crippen molar-refractivity contribution in [3.63, 3.8) is 0 Å². The molecule has 0 unspecified atom stereocenters. The van der Waals surface area contributed by atoms with E-state index in [4.69, 9.17) is 9.52 Å². The summed E-state index contributed by atoms with van der Waals surface area (Å²) >= 11 is 0. The van der Waals surface area contributed by atoms with Crippen LogP contribution in [0.5, 0.6) is 5.75 Å². The first-order chi connectivity index (χ1) is 9.51. The van der Waals surface area contributed by atoms with Crippen molar-refractivity contribution >= 4 is 12.3 Å². The van der Waals surface area contributed by atoms with Crippen LogP contribution in [-0.2, 0) is 0 Å². The van der Waals surface area contributed by atoms with Gasteiger partial charge in [0, 0.05) is 17.7 Å². The third kappa shape index (κ3) is 2.72. The van der Waals surface area contributed by atoms with Gasteiger partial charge in [-0.2, -0.15) is 0 Å². The highest BCUT2D eigenvalue weighted by molar-refractivity contribution is 5.58. The van der Waals surface area contributed by atoms with E-state index in [1.807, 2.05) is 0 Å². The lowest BCUT2D eigenvalue weighted by Gasteiger charge is -2.01. The quantitative estimate of drug-likeness (QED) is 0.714. The molecule has 2 rings (SSSR count). The van der Waals surface area contributed by atoms with Gasteiger partial charge < -0.3 is 19.7 Å². The average Bonchev–Trinajstić information content (AvgIpc) is 2.38.